The monoisotopic (exact) mass is 448 g/mol. The minimum Gasteiger partial charge on any atom is -0.493 e. The zero-order valence-electron chi connectivity index (χ0n) is 18.3. The average Bonchev–Trinajstić information content (AvgIpc) is 3.11. The summed E-state index contributed by atoms with van der Waals surface area (Å²) in [6.45, 7) is 7.24. The second-order valence-corrected chi connectivity index (χ2v) is 8.59. The molecule has 0 aliphatic rings. The van der Waals surface area contributed by atoms with Crippen molar-refractivity contribution in [3.05, 3.63) is 82.8 Å². The molecule has 0 aliphatic heterocycles. The number of pyridine rings is 1. The molecule has 1 N–H and O–H groups in total. The third kappa shape index (κ3) is 5.08. The lowest BCUT2D eigenvalue weighted by Crippen LogP contribution is -2.14. The first kappa shape index (κ1) is 21.8. The Balaban J connectivity index is 1.52. The maximum Gasteiger partial charge on any atom is 0.275 e. The van der Waals surface area contributed by atoms with Crippen LogP contribution in [0.3, 0.4) is 0 Å². The Morgan fingerprint density at radius 3 is 2.69 bits per heavy atom. The van der Waals surface area contributed by atoms with Crippen LogP contribution in [0.2, 0.25) is 5.02 Å². The number of hydrogen-bond donors (Lipinski definition) is 1. The number of carbonyl (C=O) groups excluding carboxylic acids is 1. The first-order chi connectivity index (χ1) is 15.4. The van der Waals surface area contributed by atoms with Crippen LogP contribution in [0, 0.1) is 12.8 Å². The summed E-state index contributed by atoms with van der Waals surface area (Å²) in [7, 11) is 0. The molecule has 0 unspecified atom stereocenters. The molecule has 32 heavy (non-hydrogen) atoms. The van der Waals surface area contributed by atoms with Crippen molar-refractivity contribution in [3.63, 3.8) is 0 Å². The number of amides is 1. The zero-order chi connectivity index (χ0) is 22.7. The smallest absolute Gasteiger partial charge is 0.275 e. The van der Waals surface area contributed by atoms with E-state index in [2.05, 4.69) is 29.2 Å². The number of hydrogen-bond acceptors (Lipinski definition) is 4. The zero-order valence-corrected chi connectivity index (χ0v) is 19.1. The van der Waals surface area contributed by atoms with Crippen LogP contribution in [0.15, 0.2) is 60.8 Å². The van der Waals surface area contributed by atoms with Crippen molar-refractivity contribution >= 4 is 34.1 Å². The molecule has 6 nitrogen and oxygen atoms in total. The molecule has 0 fully saturated rings. The van der Waals surface area contributed by atoms with Crippen molar-refractivity contribution < 1.29 is 9.53 Å². The number of nitrogens with one attached hydrogen (secondary N) is 1. The van der Waals surface area contributed by atoms with E-state index < -0.39 is 0 Å². The first-order valence-corrected chi connectivity index (χ1v) is 10.9. The molecule has 0 bridgehead atoms. The van der Waals surface area contributed by atoms with E-state index in [1.807, 2.05) is 60.1 Å². The van der Waals surface area contributed by atoms with Gasteiger partial charge < -0.3 is 10.1 Å². The molecule has 0 saturated heterocycles. The molecular weight excluding hydrogens is 424 g/mol. The van der Waals surface area contributed by atoms with Crippen LogP contribution in [0.5, 0.6) is 5.75 Å². The van der Waals surface area contributed by atoms with Gasteiger partial charge in [0.1, 0.15) is 11.4 Å². The number of nitrogens with zero attached hydrogens (tertiary/aromatic N) is 3. The fourth-order valence-corrected chi connectivity index (χ4v) is 3.54. The molecule has 0 radical (unpaired) electrons. The van der Waals surface area contributed by atoms with E-state index in [4.69, 9.17) is 16.3 Å². The number of anilines is 1. The Morgan fingerprint density at radius 2 is 1.91 bits per heavy atom. The molecule has 0 atom stereocenters. The van der Waals surface area contributed by atoms with Gasteiger partial charge in [-0.2, -0.15) is 5.10 Å². The average molecular weight is 449 g/mol. The molecule has 2 aromatic heterocycles. The Kier molecular flexibility index (Phi) is 6.42. The van der Waals surface area contributed by atoms with Crippen LogP contribution in [-0.4, -0.2) is 27.3 Å². The Hall–Kier alpha value is -3.38. The van der Waals surface area contributed by atoms with Crippen LogP contribution in [0.25, 0.3) is 10.8 Å². The second-order valence-electron chi connectivity index (χ2n) is 8.16. The van der Waals surface area contributed by atoms with Crippen molar-refractivity contribution in [3.8, 4) is 5.75 Å². The van der Waals surface area contributed by atoms with Gasteiger partial charge in [-0.3, -0.25) is 14.5 Å². The van der Waals surface area contributed by atoms with Crippen LogP contribution in [0.1, 0.15) is 35.6 Å². The largest absolute Gasteiger partial charge is 0.493 e. The summed E-state index contributed by atoms with van der Waals surface area (Å²) in [5.41, 5.74) is 2.18. The van der Waals surface area contributed by atoms with Crippen LogP contribution >= 0.6 is 11.6 Å². The lowest BCUT2D eigenvalue weighted by molar-refractivity contribution is 0.102. The van der Waals surface area contributed by atoms with Gasteiger partial charge in [0.25, 0.3) is 5.91 Å². The number of fused-ring (bicyclic) bond motifs is 1. The molecule has 164 valence electrons. The topological polar surface area (TPSA) is 69.0 Å². The van der Waals surface area contributed by atoms with Crippen LogP contribution in [-0.2, 0) is 6.54 Å². The highest BCUT2D eigenvalue weighted by molar-refractivity contribution is 6.30. The van der Waals surface area contributed by atoms with E-state index in [0.29, 0.717) is 35.6 Å². The van der Waals surface area contributed by atoms with Crippen molar-refractivity contribution in [1.29, 1.82) is 0 Å². The van der Waals surface area contributed by atoms with Gasteiger partial charge in [0, 0.05) is 33.9 Å². The van der Waals surface area contributed by atoms with Gasteiger partial charge in [0.05, 0.1) is 13.2 Å². The van der Waals surface area contributed by atoms with Gasteiger partial charge in [-0.25, -0.2) is 0 Å². The van der Waals surface area contributed by atoms with Crippen LogP contribution in [0.4, 0.5) is 5.82 Å². The fraction of sp³-hybridized carbons (Fsp3) is 0.240. The van der Waals surface area contributed by atoms with Gasteiger partial charge in [-0.05, 0) is 42.5 Å². The van der Waals surface area contributed by atoms with Crippen LogP contribution < -0.4 is 10.1 Å². The second kappa shape index (κ2) is 9.40. The number of carbonyl (C=O) groups is 1. The Morgan fingerprint density at radius 1 is 1.12 bits per heavy atom. The normalized spacial score (nSPS) is 11.2. The molecule has 0 saturated carbocycles. The molecule has 2 heterocycles. The van der Waals surface area contributed by atoms with E-state index in [1.54, 1.807) is 12.3 Å². The van der Waals surface area contributed by atoms with E-state index in [1.165, 1.54) is 0 Å². The number of aromatic nitrogens is 3. The summed E-state index contributed by atoms with van der Waals surface area (Å²) in [6, 6.07) is 17.0. The number of rotatable bonds is 7. The van der Waals surface area contributed by atoms with Gasteiger partial charge >= 0.3 is 0 Å². The van der Waals surface area contributed by atoms with E-state index in [9.17, 15) is 4.79 Å². The first-order valence-electron chi connectivity index (χ1n) is 10.5. The van der Waals surface area contributed by atoms with E-state index in [0.717, 1.165) is 27.8 Å². The molecule has 4 rings (SSSR count). The summed E-state index contributed by atoms with van der Waals surface area (Å²) in [5, 5.41) is 9.99. The van der Waals surface area contributed by atoms with Gasteiger partial charge in [0.15, 0.2) is 5.82 Å². The number of benzene rings is 2. The lowest BCUT2D eigenvalue weighted by atomic mass is 10.1. The lowest BCUT2D eigenvalue weighted by Gasteiger charge is -2.14. The summed E-state index contributed by atoms with van der Waals surface area (Å²) in [6.07, 6.45) is 1.70. The molecular formula is C25H25ClN4O2. The summed E-state index contributed by atoms with van der Waals surface area (Å²) >= 11 is 6.22. The summed E-state index contributed by atoms with van der Waals surface area (Å²) in [4.78, 5) is 17.0. The van der Waals surface area contributed by atoms with Crippen molar-refractivity contribution in [2.45, 2.75) is 27.3 Å². The predicted molar refractivity (Wildman–Crippen MR) is 128 cm³/mol. The molecule has 4 aromatic rings. The standard InChI is InChI=1S/C25H25ClN4O2/c1-16(2)15-32-23-9-8-21(26)11-20(23)14-30-17(3)10-24(29-30)28-25(31)22-12-18-6-4-5-7-19(18)13-27-22/h4-13,16H,14-15H2,1-3H3,(H,28,29,31). The number of ether oxygens (including phenoxy) is 1. The summed E-state index contributed by atoms with van der Waals surface area (Å²) < 4.78 is 7.77. The SMILES string of the molecule is Cc1cc(NC(=O)c2cc3ccccc3cn2)nn1Cc1cc(Cl)ccc1OCC(C)C. The third-order valence-corrected chi connectivity index (χ3v) is 5.24. The summed E-state index contributed by atoms with van der Waals surface area (Å²) in [5.74, 6) is 1.36. The fourth-order valence-electron chi connectivity index (χ4n) is 3.35. The van der Waals surface area contributed by atoms with Gasteiger partial charge in [0.2, 0.25) is 0 Å². The molecule has 0 spiro atoms. The minimum absolute atomic E-state index is 0.302. The van der Waals surface area contributed by atoms with Gasteiger partial charge in [-0.15, -0.1) is 0 Å². The van der Waals surface area contributed by atoms with Crippen molar-refractivity contribution in [1.82, 2.24) is 14.8 Å². The van der Waals surface area contributed by atoms with Crippen molar-refractivity contribution in [2.75, 3.05) is 11.9 Å². The van der Waals surface area contributed by atoms with Gasteiger partial charge in [-0.1, -0.05) is 49.7 Å². The maximum absolute atomic E-state index is 12.7. The third-order valence-electron chi connectivity index (χ3n) is 5.00. The van der Waals surface area contributed by atoms with E-state index in [-0.39, 0.29) is 5.91 Å². The van der Waals surface area contributed by atoms with E-state index >= 15 is 0 Å². The molecule has 7 heteroatoms. The quantitative estimate of drug-likeness (QED) is 0.392. The highest BCUT2D eigenvalue weighted by Crippen LogP contribution is 2.25. The molecule has 0 aliphatic carbocycles. The highest BCUT2D eigenvalue weighted by Gasteiger charge is 2.14. The number of aryl methyl sites for hydroxylation is 1. The Bertz CT molecular complexity index is 1270. The maximum atomic E-state index is 12.7. The minimum atomic E-state index is -0.302. The van der Waals surface area contributed by atoms with Crippen molar-refractivity contribution in [2.24, 2.45) is 5.92 Å². The Labute approximate surface area is 192 Å². The predicted octanol–water partition coefficient (Wildman–Crippen LogP) is 5.73. The molecule has 1 amide bonds. The highest BCUT2D eigenvalue weighted by atomic mass is 35.5. The number of halogens is 1. The molecule has 2 aromatic carbocycles.